The van der Waals surface area contributed by atoms with E-state index in [1.807, 2.05) is 6.07 Å². The van der Waals surface area contributed by atoms with E-state index >= 15 is 0 Å². The van der Waals surface area contributed by atoms with E-state index in [9.17, 15) is 14.0 Å². The predicted molar refractivity (Wildman–Crippen MR) is 90.4 cm³/mol. The summed E-state index contributed by atoms with van der Waals surface area (Å²) in [6.07, 6.45) is 1.37. The molecule has 2 aromatic rings. The van der Waals surface area contributed by atoms with Gasteiger partial charge in [0.05, 0.1) is 0 Å². The number of nitrogens with zero attached hydrogens (tertiary/aromatic N) is 1. The first-order chi connectivity index (χ1) is 12.0. The third-order valence-corrected chi connectivity index (χ3v) is 4.22. The molecular formula is C19H19FN2O3. The zero-order valence-electron chi connectivity index (χ0n) is 13.7. The Morgan fingerprint density at radius 1 is 1.20 bits per heavy atom. The summed E-state index contributed by atoms with van der Waals surface area (Å²) < 4.78 is 18.7. The molecule has 2 N–H and O–H groups in total. The maximum absolute atomic E-state index is 13.2. The molecule has 25 heavy (non-hydrogen) atoms. The second kappa shape index (κ2) is 7.34. The lowest BCUT2D eigenvalue weighted by atomic mass is 10.1. The smallest absolute Gasteiger partial charge is 0.254 e. The zero-order chi connectivity index (χ0) is 17.8. The van der Waals surface area contributed by atoms with Crippen LogP contribution in [-0.4, -0.2) is 29.3 Å². The van der Waals surface area contributed by atoms with Gasteiger partial charge < -0.3 is 15.4 Å². The highest BCUT2D eigenvalue weighted by atomic mass is 19.1. The van der Waals surface area contributed by atoms with Gasteiger partial charge in [-0.3, -0.25) is 9.59 Å². The Bertz CT molecular complexity index is 794. The molecule has 0 bridgehead atoms. The number of carbonyl (C=O) groups is 2. The number of ether oxygens (including phenoxy) is 1. The molecule has 130 valence electrons. The molecule has 2 amide bonds. The van der Waals surface area contributed by atoms with Gasteiger partial charge in [0.15, 0.2) is 0 Å². The highest BCUT2D eigenvalue weighted by Crippen LogP contribution is 2.21. The lowest BCUT2D eigenvalue weighted by molar-refractivity contribution is -0.121. The van der Waals surface area contributed by atoms with E-state index < -0.39 is 11.9 Å². The third kappa shape index (κ3) is 3.96. The van der Waals surface area contributed by atoms with E-state index in [-0.39, 0.29) is 18.3 Å². The average molecular weight is 342 g/mol. The van der Waals surface area contributed by atoms with Crippen LogP contribution >= 0.6 is 0 Å². The minimum atomic E-state index is -0.542. The Kier molecular flexibility index (Phi) is 4.97. The minimum absolute atomic E-state index is 0.212. The molecule has 0 unspecified atom stereocenters. The van der Waals surface area contributed by atoms with Crippen LogP contribution < -0.4 is 10.5 Å². The Balaban J connectivity index is 1.70. The van der Waals surface area contributed by atoms with E-state index in [0.29, 0.717) is 24.3 Å². The predicted octanol–water partition coefficient (Wildman–Crippen LogP) is 2.49. The number of halogens is 1. The Morgan fingerprint density at radius 2 is 2.00 bits per heavy atom. The molecule has 2 aromatic carbocycles. The number of amides is 2. The fourth-order valence-corrected chi connectivity index (χ4v) is 2.99. The van der Waals surface area contributed by atoms with Gasteiger partial charge in [0, 0.05) is 18.2 Å². The number of rotatable bonds is 5. The number of nitrogens with two attached hydrogens (primary N) is 1. The fourth-order valence-electron chi connectivity index (χ4n) is 2.99. The van der Waals surface area contributed by atoms with Crippen molar-refractivity contribution in [1.29, 1.82) is 0 Å². The van der Waals surface area contributed by atoms with Gasteiger partial charge in [-0.2, -0.15) is 0 Å². The second-order valence-electron chi connectivity index (χ2n) is 6.01. The quantitative estimate of drug-likeness (QED) is 0.907. The Morgan fingerprint density at radius 3 is 2.76 bits per heavy atom. The number of benzene rings is 2. The van der Waals surface area contributed by atoms with Crippen molar-refractivity contribution in [3.05, 3.63) is 65.5 Å². The highest BCUT2D eigenvalue weighted by molar-refractivity contribution is 5.97. The molecule has 3 rings (SSSR count). The van der Waals surface area contributed by atoms with Crippen LogP contribution in [0.5, 0.6) is 5.75 Å². The van der Waals surface area contributed by atoms with Gasteiger partial charge in [-0.1, -0.05) is 18.2 Å². The first-order valence-electron chi connectivity index (χ1n) is 8.12. The van der Waals surface area contributed by atoms with Crippen molar-refractivity contribution in [2.75, 3.05) is 6.54 Å². The number of hydrogen-bond donors (Lipinski definition) is 1. The third-order valence-electron chi connectivity index (χ3n) is 4.22. The maximum Gasteiger partial charge on any atom is 0.254 e. The van der Waals surface area contributed by atoms with Gasteiger partial charge in [0.2, 0.25) is 5.91 Å². The van der Waals surface area contributed by atoms with Crippen LogP contribution in [0.1, 0.15) is 28.8 Å². The van der Waals surface area contributed by atoms with Crippen molar-refractivity contribution >= 4 is 11.8 Å². The minimum Gasteiger partial charge on any atom is -0.489 e. The van der Waals surface area contributed by atoms with Crippen molar-refractivity contribution in [2.24, 2.45) is 5.73 Å². The summed E-state index contributed by atoms with van der Waals surface area (Å²) in [5, 5.41) is 0. The number of hydrogen-bond acceptors (Lipinski definition) is 3. The van der Waals surface area contributed by atoms with E-state index in [1.165, 1.54) is 17.0 Å². The molecule has 1 aliphatic rings. The Labute approximate surface area is 145 Å². The molecule has 1 saturated heterocycles. The van der Waals surface area contributed by atoms with E-state index in [0.717, 1.165) is 12.0 Å². The van der Waals surface area contributed by atoms with E-state index in [2.05, 4.69) is 0 Å². The molecule has 0 aromatic heterocycles. The van der Waals surface area contributed by atoms with Gasteiger partial charge in [-0.15, -0.1) is 0 Å². The van der Waals surface area contributed by atoms with Gasteiger partial charge in [-0.25, -0.2) is 4.39 Å². The summed E-state index contributed by atoms with van der Waals surface area (Å²) >= 11 is 0. The molecule has 0 saturated carbocycles. The van der Waals surface area contributed by atoms with Crippen LogP contribution in [0.2, 0.25) is 0 Å². The second-order valence-corrected chi connectivity index (χ2v) is 6.01. The molecule has 1 atom stereocenters. The topological polar surface area (TPSA) is 72.6 Å². The van der Waals surface area contributed by atoms with Crippen LogP contribution in [0.4, 0.5) is 4.39 Å². The molecule has 6 heteroatoms. The normalized spacial score (nSPS) is 16.7. The Hall–Kier alpha value is -2.89. The number of carbonyl (C=O) groups excluding carboxylic acids is 2. The largest absolute Gasteiger partial charge is 0.489 e. The monoisotopic (exact) mass is 342 g/mol. The van der Waals surface area contributed by atoms with Crippen LogP contribution in [0.25, 0.3) is 0 Å². The summed E-state index contributed by atoms with van der Waals surface area (Å²) in [5.41, 5.74) is 6.64. The molecule has 1 fully saturated rings. The zero-order valence-corrected chi connectivity index (χ0v) is 13.7. The van der Waals surface area contributed by atoms with Crippen molar-refractivity contribution in [1.82, 2.24) is 4.90 Å². The first-order valence-corrected chi connectivity index (χ1v) is 8.12. The van der Waals surface area contributed by atoms with Gasteiger partial charge in [0.1, 0.15) is 24.2 Å². The lowest BCUT2D eigenvalue weighted by Crippen LogP contribution is -2.43. The van der Waals surface area contributed by atoms with Gasteiger partial charge in [0.25, 0.3) is 5.91 Å². The highest BCUT2D eigenvalue weighted by Gasteiger charge is 2.33. The van der Waals surface area contributed by atoms with Crippen molar-refractivity contribution in [2.45, 2.75) is 25.5 Å². The fraction of sp³-hybridized carbons (Fsp3) is 0.263. The molecule has 0 aliphatic carbocycles. The molecule has 0 spiro atoms. The SMILES string of the molecule is NC(=O)[C@H]1CCCN1C(=O)c1cccc(COc2cccc(F)c2)c1. The number of likely N-dealkylation sites (tertiary alicyclic amines) is 1. The first kappa shape index (κ1) is 17.0. The van der Waals surface area contributed by atoms with Crippen LogP contribution in [-0.2, 0) is 11.4 Å². The molecular weight excluding hydrogens is 323 g/mol. The molecule has 5 nitrogen and oxygen atoms in total. The summed E-state index contributed by atoms with van der Waals surface area (Å²) in [4.78, 5) is 25.7. The molecule has 1 aliphatic heterocycles. The van der Waals surface area contributed by atoms with Crippen LogP contribution in [0, 0.1) is 5.82 Å². The van der Waals surface area contributed by atoms with Crippen LogP contribution in [0.15, 0.2) is 48.5 Å². The van der Waals surface area contributed by atoms with E-state index in [1.54, 1.807) is 30.3 Å². The van der Waals surface area contributed by atoms with Gasteiger partial charge >= 0.3 is 0 Å². The molecule has 1 heterocycles. The van der Waals surface area contributed by atoms with E-state index in [4.69, 9.17) is 10.5 Å². The standard InChI is InChI=1S/C19H19FN2O3/c20-15-6-2-7-16(11-15)25-12-13-4-1-5-14(10-13)19(24)22-9-3-8-17(22)18(21)23/h1-2,4-7,10-11,17H,3,8-9,12H2,(H2,21,23)/t17-/m1/s1. The average Bonchev–Trinajstić information content (AvgIpc) is 3.10. The number of primary amides is 1. The summed E-state index contributed by atoms with van der Waals surface area (Å²) in [7, 11) is 0. The van der Waals surface area contributed by atoms with Crippen molar-refractivity contribution in [3.63, 3.8) is 0 Å². The van der Waals surface area contributed by atoms with Gasteiger partial charge in [-0.05, 0) is 42.7 Å². The van der Waals surface area contributed by atoms with Crippen molar-refractivity contribution in [3.8, 4) is 5.75 Å². The molecule has 0 radical (unpaired) electrons. The van der Waals surface area contributed by atoms with Crippen LogP contribution in [0.3, 0.4) is 0 Å². The van der Waals surface area contributed by atoms with Crippen molar-refractivity contribution < 1.29 is 18.7 Å². The summed E-state index contributed by atoms with van der Waals surface area (Å²) in [5.74, 6) is -0.636. The summed E-state index contributed by atoms with van der Waals surface area (Å²) in [6, 6.07) is 12.3. The lowest BCUT2D eigenvalue weighted by Gasteiger charge is -2.22. The maximum atomic E-state index is 13.2. The summed E-state index contributed by atoms with van der Waals surface area (Å²) in [6.45, 7) is 0.736.